The number of ether oxygens (including phenoxy) is 1. The van der Waals surface area contributed by atoms with Gasteiger partial charge in [-0.25, -0.2) is 5.84 Å². The van der Waals surface area contributed by atoms with Crippen LogP contribution in [0, 0.1) is 0 Å². The SMILES string of the molecule is COC(=O)CSCc1occc1C(=O)NN. The number of hydrogen-bond donors (Lipinski definition) is 2. The van der Waals surface area contributed by atoms with Gasteiger partial charge < -0.3 is 9.15 Å². The van der Waals surface area contributed by atoms with Crippen molar-refractivity contribution in [1.82, 2.24) is 5.43 Å². The van der Waals surface area contributed by atoms with E-state index in [1.807, 2.05) is 5.43 Å². The molecule has 1 rings (SSSR count). The molecule has 0 atom stereocenters. The van der Waals surface area contributed by atoms with E-state index in [1.165, 1.54) is 31.2 Å². The number of carbonyl (C=O) groups is 2. The number of thioether (sulfide) groups is 1. The third-order valence-corrected chi connectivity index (χ3v) is 2.71. The van der Waals surface area contributed by atoms with Crippen LogP contribution >= 0.6 is 11.8 Å². The Balaban J connectivity index is 2.51. The van der Waals surface area contributed by atoms with Gasteiger partial charge in [0.2, 0.25) is 0 Å². The Hall–Kier alpha value is -1.47. The molecule has 0 saturated heterocycles. The maximum absolute atomic E-state index is 11.3. The molecule has 0 aliphatic heterocycles. The van der Waals surface area contributed by atoms with Gasteiger partial charge in [-0.1, -0.05) is 0 Å². The molecule has 0 spiro atoms. The van der Waals surface area contributed by atoms with Crippen molar-refractivity contribution in [2.45, 2.75) is 5.75 Å². The average Bonchev–Trinajstić information content (AvgIpc) is 2.76. The number of rotatable bonds is 5. The van der Waals surface area contributed by atoms with Crippen molar-refractivity contribution < 1.29 is 18.7 Å². The minimum Gasteiger partial charge on any atom is -0.468 e. The summed E-state index contributed by atoms with van der Waals surface area (Å²) in [6.45, 7) is 0. The molecule has 0 unspecified atom stereocenters. The molecule has 3 N–H and O–H groups in total. The summed E-state index contributed by atoms with van der Waals surface area (Å²) in [7, 11) is 1.32. The van der Waals surface area contributed by atoms with Gasteiger partial charge >= 0.3 is 5.97 Å². The fraction of sp³-hybridized carbons (Fsp3) is 0.333. The van der Waals surface area contributed by atoms with E-state index < -0.39 is 5.91 Å². The van der Waals surface area contributed by atoms with E-state index >= 15 is 0 Å². The molecule has 1 aromatic rings. The van der Waals surface area contributed by atoms with E-state index in [-0.39, 0.29) is 11.7 Å². The molecule has 88 valence electrons. The van der Waals surface area contributed by atoms with Gasteiger partial charge in [0.15, 0.2) is 0 Å². The predicted octanol–water partition coefficient (Wildman–Crippen LogP) is 0.289. The quantitative estimate of drug-likeness (QED) is 0.334. The van der Waals surface area contributed by atoms with Gasteiger partial charge in [-0.3, -0.25) is 15.0 Å². The number of hydrogen-bond acceptors (Lipinski definition) is 6. The molecule has 7 heteroatoms. The molecule has 0 aromatic carbocycles. The summed E-state index contributed by atoms with van der Waals surface area (Å²) < 4.78 is 9.59. The number of esters is 1. The summed E-state index contributed by atoms with van der Waals surface area (Å²) in [5.41, 5.74) is 2.39. The molecular formula is C9H12N2O4S. The fourth-order valence-electron chi connectivity index (χ4n) is 1.02. The zero-order valence-corrected chi connectivity index (χ0v) is 9.50. The lowest BCUT2D eigenvalue weighted by atomic mass is 10.2. The largest absolute Gasteiger partial charge is 0.468 e. The van der Waals surface area contributed by atoms with Crippen LogP contribution in [-0.4, -0.2) is 24.7 Å². The van der Waals surface area contributed by atoms with Crippen LogP contribution in [0.15, 0.2) is 16.7 Å². The zero-order chi connectivity index (χ0) is 12.0. The van der Waals surface area contributed by atoms with Gasteiger partial charge in [-0.2, -0.15) is 0 Å². The monoisotopic (exact) mass is 244 g/mol. The van der Waals surface area contributed by atoms with E-state index in [0.29, 0.717) is 17.1 Å². The Labute approximate surface area is 96.5 Å². The van der Waals surface area contributed by atoms with Gasteiger partial charge in [-0.15, -0.1) is 11.8 Å². The van der Waals surface area contributed by atoms with Gasteiger partial charge in [0.25, 0.3) is 5.91 Å². The highest BCUT2D eigenvalue weighted by Gasteiger charge is 2.13. The van der Waals surface area contributed by atoms with Crippen molar-refractivity contribution in [3.05, 3.63) is 23.7 Å². The highest BCUT2D eigenvalue weighted by Crippen LogP contribution is 2.17. The third kappa shape index (κ3) is 3.28. The van der Waals surface area contributed by atoms with Crippen LogP contribution in [0.1, 0.15) is 16.1 Å². The predicted molar refractivity (Wildman–Crippen MR) is 58.5 cm³/mol. The fourth-order valence-corrected chi connectivity index (χ4v) is 1.81. The third-order valence-electron chi connectivity index (χ3n) is 1.80. The van der Waals surface area contributed by atoms with Gasteiger partial charge in [-0.05, 0) is 6.07 Å². The molecule has 16 heavy (non-hydrogen) atoms. The molecule has 0 aliphatic carbocycles. The van der Waals surface area contributed by atoms with Crippen LogP contribution < -0.4 is 11.3 Å². The summed E-state index contributed by atoms with van der Waals surface area (Å²) in [4.78, 5) is 22.1. The minimum absolute atomic E-state index is 0.209. The molecule has 0 aliphatic rings. The summed E-state index contributed by atoms with van der Waals surface area (Å²) in [6, 6.07) is 1.52. The standard InChI is InChI=1S/C9H12N2O4S/c1-14-8(12)5-16-4-7-6(2-3-15-7)9(13)11-10/h2-3H,4-5,10H2,1H3,(H,11,13). The van der Waals surface area contributed by atoms with Crippen molar-refractivity contribution in [1.29, 1.82) is 0 Å². The van der Waals surface area contributed by atoms with Gasteiger partial charge in [0, 0.05) is 0 Å². The Morgan fingerprint density at radius 3 is 3.00 bits per heavy atom. The van der Waals surface area contributed by atoms with E-state index in [4.69, 9.17) is 10.3 Å². The van der Waals surface area contributed by atoms with Crippen molar-refractivity contribution in [3.63, 3.8) is 0 Å². The van der Waals surface area contributed by atoms with Crippen molar-refractivity contribution in [3.8, 4) is 0 Å². The van der Waals surface area contributed by atoms with Crippen LogP contribution in [-0.2, 0) is 15.3 Å². The second kappa shape index (κ2) is 6.19. The number of nitrogens with two attached hydrogens (primary N) is 1. The number of amides is 1. The van der Waals surface area contributed by atoms with Gasteiger partial charge in [0.1, 0.15) is 5.76 Å². The zero-order valence-electron chi connectivity index (χ0n) is 8.69. The smallest absolute Gasteiger partial charge is 0.315 e. The number of nitrogens with one attached hydrogen (secondary N) is 1. The first kappa shape index (κ1) is 12.6. The average molecular weight is 244 g/mol. The molecule has 6 nitrogen and oxygen atoms in total. The second-order valence-corrected chi connectivity index (χ2v) is 3.79. The minimum atomic E-state index is -0.414. The second-order valence-electron chi connectivity index (χ2n) is 2.80. The first-order valence-corrected chi connectivity index (χ1v) is 5.56. The van der Waals surface area contributed by atoms with Crippen molar-refractivity contribution in [2.24, 2.45) is 5.84 Å². The van der Waals surface area contributed by atoms with Crippen LogP contribution in [0.25, 0.3) is 0 Å². The maximum atomic E-state index is 11.3. The molecule has 0 radical (unpaired) electrons. The molecule has 0 saturated carbocycles. The summed E-state index contributed by atoms with van der Waals surface area (Å²) in [6.07, 6.45) is 1.40. The number of furan rings is 1. The maximum Gasteiger partial charge on any atom is 0.315 e. The van der Waals surface area contributed by atoms with E-state index in [1.54, 1.807) is 0 Å². The normalized spacial score (nSPS) is 9.88. The molecule has 1 heterocycles. The Kier molecular flexibility index (Phi) is 4.87. The van der Waals surface area contributed by atoms with Crippen LogP contribution in [0.5, 0.6) is 0 Å². The first-order chi connectivity index (χ1) is 7.69. The van der Waals surface area contributed by atoms with Crippen LogP contribution in [0.3, 0.4) is 0 Å². The van der Waals surface area contributed by atoms with Crippen LogP contribution in [0.4, 0.5) is 0 Å². The molecule has 1 amide bonds. The number of methoxy groups -OCH3 is 1. The van der Waals surface area contributed by atoms with Gasteiger partial charge in [0.05, 0.1) is 30.4 Å². The highest BCUT2D eigenvalue weighted by molar-refractivity contribution is 7.99. The van der Waals surface area contributed by atoms with Crippen molar-refractivity contribution >= 4 is 23.6 Å². The Bertz CT molecular complexity index is 377. The number of nitrogen functional groups attached to an aromatic ring is 1. The first-order valence-electron chi connectivity index (χ1n) is 4.41. The lowest BCUT2D eigenvalue weighted by Gasteiger charge is -2.01. The molecular weight excluding hydrogens is 232 g/mol. The number of carbonyl (C=O) groups excluding carboxylic acids is 2. The lowest BCUT2D eigenvalue weighted by molar-refractivity contribution is -0.137. The molecule has 0 fully saturated rings. The molecule has 0 bridgehead atoms. The highest BCUT2D eigenvalue weighted by atomic mass is 32.2. The van der Waals surface area contributed by atoms with E-state index in [2.05, 4.69) is 4.74 Å². The van der Waals surface area contributed by atoms with Crippen molar-refractivity contribution in [2.75, 3.05) is 12.9 Å². The lowest BCUT2D eigenvalue weighted by Crippen LogP contribution is -2.30. The Morgan fingerprint density at radius 1 is 1.62 bits per heavy atom. The van der Waals surface area contributed by atoms with E-state index in [0.717, 1.165) is 0 Å². The van der Waals surface area contributed by atoms with Crippen LogP contribution in [0.2, 0.25) is 0 Å². The summed E-state index contributed by atoms with van der Waals surface area (Å²) in [5.74, 6) is 5.38. The Morgan fingerprint density at radius 2 is 2.38 bits per heavy atom. The summed E-state index contributed by atoms with van der Waals surface area (Å²) in [5, 5.41) is 0. The topological polar surface area (TPSA) is 94.6 Å². The number of hydrazine groups is 1. The summed E-state index contributed by atoms with van der Waals surface area (Å²) >= 11 is 1.30. The van der Waals surface area contributed by atoms with E-state index in [9.17, 15) is 9.59 Å². The molecule has 1 aromatic heterocycles.